The lowest BCUT2D eigenvalue weighted by Crippen LogP contribution is -2.49. The molecule has 0 heteroatoms. The van der Waals surface area contributed by atoms with Crippen molar-refractivity contribution in [1.29, 1.82) is 0 Å². The standard InChI is InChI=1S/C22H30/c1-14-8-10-22(5)19-9-11-21(4)16(3)6-7-18(21)17(19)13-15(2)20(22)12-14/h12,17-19H,1-3,6-11,13H2,4-5H3/t17?,18?,19?,21-,22-/m1/s1. The monoisotopic (exact) mass is 294 g/mol. The van der Waals surface area contributed by atoms with E-state index in [4.69, 9.17) is 0 Å². The second kappa shape index (κ2) is 4.49. The van der Waals surface area contributed by atoms with Crippen LogP contribution >= 0.6 is 0 Å². The van der Waals surface area contributed by atoms with Crippen molar-refractivity contribution < 1.29 is 0 Å². The Hall–Kier alpha value is -1.04. The zero-order valence-electron chi connectivity index (χ0n) is 14.4. The summed E-state index contributed by atoms with van der Waals surface area (Å²) in [6.45, 7) is 18.2. The van der Waals surface area contributed by atoms with E-state index >= 15 is 0 Å². The Morgan fingerprint density at radius 1 is 0.955 bits per heavy atom. The van der Waals surface area contributed by atoms with Gasteiger partial charge in [-0.1, -0.05) is 56.4 Å². The summed E-state index contributed by atoms with van der Waals surface area (Å²) in [4.78, 5) is 0. The van der Waals surface area contributed by atoms with Crippen LogP contribution in [0.4, 0.5) is 0 Å². The summed E-state index contributed by atoms with van der Waals surface area (Å²) in [7, 11) is 0. The van der Waals surface area contributed by atoms with Crippen molar-refractivity contribution in [3.63, 3.8) is 0 Å². The first-order valence-corrected chi connectivity index (χ1v) is 9.12. The van der Waals surface area contributed by atoms with Gasteiger partial charge in [-0.3, -0.25) is 0 Å². The minimum Gasteiger partial charge on any atom is -0.0993 e. The van der Waals surface area contributed by atoms with Crippen LogP contribution in [0.25, 0.3) is 0 Å². The summed E-state index contributed by atoms with van der Waals surface area (Å²) in [5, 5.41) is 0. The highest BCUT2D eigenvalue weighted by Crippen LogP contribution is 2.67. The molecule has 0 radical (unpaired) electrons. The Morgan fingerprint density at radius 3 is 2.45 bits per heavy atom. The van der Waals surface area contributed by atoms with Crippen LogP contribution in [-0.2, 0) is 0 Å². The molecule has 0 N–H and O–H groups in total. The highest BCUT2D eigenvalue weighted by Gasteiger charge is 2.57. The molecular weight excluding hydrogens is 264 g/mol. The van der Waals surface area contributed by atoms with Crippen LogP contribution in [0.2, 0.25) is 0 Å². The molecule has 0 bridgehead atoms. The van der Waals surface area contributed by atoms with Crippen LogP contribution in [0.3, 0.4) is 0 Å². The molecular formula is C22H30. The molecule has 3 fully saturated rings. The first-order chi connectivity index (χ1) is 10.4. The predicted octanol–water partition coefficient (Wildman–Crippen LogP) is 6.23. The molecule has 0 heterocycles. The van der Waals surface area contributed by atoms with Crippen LogP contribution in [0.5, 0.6) is 0 Å². The molecule has 0 aromatic rings. The second-order valence-corrected chi connectivity index (χ2v) is 8.92. The van der Waals surface area contributed by atoms with Gasteiger partial charge in [0, 0.05) is 0 Å². The maximum absolute atomic E-state index is 4.49. The van der Waals surface area contributed by atoms with Gasteiger partial charge in [0.25, 0.3) is 0 Å². The van der Waals surface area contributed by atoms with E-state index < -0.39 is 0 Å². The van der Waals surface area contributed by atoms with Crippen molar-refractivity contribution in [3.8, 4) is 0 Å². The molecule has 4 aliphatic rings. The van der Waals surface area contributed by atoms with Gasteiger partial charge in [-0.25, -0.2) is 0 Å². The Balaban J connectivity index is 1.76. The average molecular weight is 294 g/mol. The largest absolute Gasteiger partial charge is 0.0993 e. The predicted molar refractivity (Wildman–Crippen MR) is 94.5 cm³/mol. The highest BCUT2D eigenvalue weighted by atomic mass is 14.6. The lowest BCUT2D eigenvalue weighted by molar-refractivity contribution is -0.0114. The molecule has 0 amide bonds. The maximum atomic E-state index is 4.49. The van der Waals surface area contributed by atoms with E-state index in [1.165, 1.54) is 61.7 Å². The highest BCUT2D eigenvalue weighted by molar-refractivity contribution is 5.46. The van der Waals surface area contributed by atoms with E-state index in [9.17, 15) is 0 Å². The van der Waals surface area contributed by atoms with Crippen LogP contribution in [0.1, 0.15) is 58.8 Å². The van der Waals surface area contributed by atoms with Gasteiger partial charge < -0.3 is 0 Å². The van der Waals surface area contributed by atoms with Gasteiger partial charge in [0.05, 0.1) is 0 Å². The number of fused-ring (bicyclic) bond motifs is 5. The van der Waals surface area contributed by atoms with E-state index in [1.807, 2.05) is 0 Å². The first kappa shape index (κ1) is 14.5. The van der Waals surface area contributed by atoms with Crippen molar-refractivity contribution in [2.45, 2.75) is 58.8 Å². The Bertz CT molecular complexity index is 604. The molecule has 0 spiro atoms. The normalized spacial score (nSPS) is 47.6. The van der Waals surface area contributed by atoms with Gasteiger partial charge >= 0.3 is 0 Å². The van der Waals surface area contributed by atoms with Gasteiger partial charge in [0.15, 0.2) is 0 Å². The fraction of sp³-hybridized carbons (Fsp3) is 0.636. The van der Waals surface area contributed by atoms with Crippen LogP contribution in [0, 0.1) is 28.6 Å². The molecule has 0 nitrogen and oxygen atoms in total. The number of hydrogen-bond acceptors (Lipinski definition) is 0. The third-order valence-electron chi connectivity index (χ3n) is 8.00. The Labute approximate surface area is 136 Å². The maximum Gasteiger partial charge on any atom is -0.00384 e. The quantitative estimate of drug-likeness (QED) is 0.465. The van der Waals surface area contributed by atoms with Crippen LogP contribution in [-0.4, -0.2) is 0 Å². The van der Waals surface area contributed by atoms with E-state index in [0.717, 1.165) is 17.8 Å². The molecule has 0 aliphatic heterocycles. The molecule has 4 aliphatic carbocycles. The third kappa shape index (κ3) is 1.70. The second-order valence-electron chi connectivity index (χ2n) is 8.92. The minimum absolute atomic E-state index is 0.354. The first-order valence-electron chi connectivity index (χ1n) is 9.12. The molecule has 118 valence electrons. The lowest BCUT2D eigenvalue weighted by atomic mass is 9.46. The van der Waals surface area contributed by atoms with Gasteiger partial charge in [-0.15, -0.1) is 0 Å². The van der Waals surface area contributed by atoms with E-state index in [0.29, 0.717) is 10.8 Å². The molecule has 3 unspecified atom stereocenters. The Morgan fingerprint density at radius 2 is 1.68 bits per heavy atom. The van der Waals surface area contributed by atoms with Gasteiger partial charge in [0.2, 0.25) is 0 Å². The summed E-state index contributed by atoms with van der Waals surface area (Å²) in [6, 6.07) is 0. The smallest absolute Gasteiger partial charge is 0.00384 e. The SMILES string of the molecule is C=C1C=C2C(=C)CC3C(CC[C@]4(C)C(=C)CCC34)[C@@]2(C)CC1. The van der Waals surface area contributed by atoms with Crippen molar-refractivity contribution in [3.05, 3.63) is 48.1 Å². The average Bonchev–Trinajstić information content (AvgIpc) is 2.77. The van der Waals surface area contributed by atoms with Crippen LogP contribution < -0.4 is 0 Å². The van der Waals surface area contributed by atoms with E-state index in [-0.39, 0.29) is 0 Å². The zero-order chi connectivity index (χ0) is 15.7. The third-order valence-corrected chi connectivity index (χ3v) is 8.00. The molecule has 0 aromatic carbocycles. The summed E-state index contributed by atoms with van der Waals surface area (Å²) in [6.07, 6.45) is 11.4. The van der Waals surface area contributed by atoms with Crippen molar-refractivity contribution in [2.24, 2.45) is 28.6 Å². The van der Waals surface area contributed by atoms with Crippen molar-refractivity contribution >= 4 is 0 Å². The van der Waals surface area contributed by atoms with Gasteiger partial charge in [0.1, 0.15) is 0 Å². The number of allylic oxidation sites excluding steroid dienone is 5. The molecule has 3 saturated carbocycles. The summed E-state index contributed by atoms with van der Waals surface area (Å²) < 4.78 is 0. The van der Waals surface area contributed by atoms with E-state index in [1.54, 1.807) is 5.57 Å². The fourth-order valence-corrected chi connectivity index (χ4v) is 6.55. The summed E-state index contributed by atoms with van der Waals surface area (Å²) in [5.41, 5.74) is 6.56. The molecule has 0 saturated heterocycles. The Kier molecular flexibility index (Phi) is 2.97. The van der Waals surface area contributed by atoms with Gasteiger partial charge in [-0.2, -0.15) is 0 Å². The number of hydrogen-bond donors (Lipinski definition) is 0. The van der Waals surface area contributed by atoms with E-state index in [2.05, 4.69) is 39.7 Å². The molecule has 22 heavy (non-hydrogen) atoms. The van der Waals surface area contributed by atoms with Crippen molar-refractivity contribution in [2.75, 3.05) is 0 Å². The molecule has 5 atom stereocenters. The number of rotatable bonds is 0. The van der Waals surface area contributed by atoms with Crippen molar-refractivity contribution in [1.82, 2.24) is 0 Å². The zero-order valence-corrected chi connectivity index (χ0v) is 14.4. The summed E-state index contributed by atoms with van der Waals surface area (Å²) in [5.74, 6) is 2.53. The topological polar surface area (TPSA) is 0 Å². The molecule has 4 rings (SSSR count). The summed E-state index contributed by atoms with van der Waals surface area (Å²) >= 11 is 0. The van der Waals surface area contributed by atoms with Gasteiger partial charge in [-0.05, 0) is 79.1 Å². The fourth-order valence-electron chi connectivity index (χ4n) is 6.55. The van der Waals surface area contributed by atoms with Crippen LogP contribution in [0.15, 0.2) is 48.1 Å². The lowest BCUT2D eigenvalue weighted by Gasteiger charge is -2.58. The molecule has 0 aromatic heterocycles. The minimum atomic E-state index is 0.354.